The molecule has 0 aliphatic carbocycles. The monoisotopic (exact) mass is 216 g/mol. The molecule has 0 saturated carbocycles. The van der Waals surface area contributed by atoms with Gasteiger partial charge in [-0.1, -0.05) is 33.1 Å². The number of hydrogen-bond donors (Lipinski definition) is 1. The van der Waals surface area contributed by atoms with Gasteiger partial charge in [0, 0.05) is 0 Å². The van der Waals surface area contributed by atoms with E-state index in [0.717, 1.165) is 12.8 Å². The van der Waals surface area contributed by atoms with Crippen LogP contribution >= 0.6 is 0 Å². The van der Waals surface area contributed by atoms with E-state index in [4.69, 9.17) is 4.74 Å². The SMILES string of the molecule is CCOC(=O)CC(O)CCCCC(C)C. The smallest absolute Gasteiger partial charge is 0.308 e. The topological polar surface area (TPSA) is 46.5 Å². The number of carbonyl (C=O) groups is 1. The Balaban J connectivity index is 3.40. The van der Waals surface area contributed by atoms with Crippen molar-refractivity contribution in [1.29, 1.82) is 0 Å². The zero-order valence-electron chi connectivity index (χ0n) is 10.2. The minimum absolute atomic E-state index is 0.134. The van der Waals surface area contributed by atoms with Gasteiger partial charge in [0.1, 0.15) is 0 Å². The zero-order valence-corrected chi connectivity index (χ0v) is 10.2. The van der Waals surface area contributed by atoms with Crippen LogP contribution in [0.5, 0.6) is 0 Å². The maximum absolute atomic E-state index is 11.0. The Hall–Kier alpha value is -0.570. The van der Waals surface area contributed by atoms with Crippen molar-refractivity contribution in [3.63, 3.8) is 0 Å². The van der Waals surface area contributed by atoms with E-state index in [1.165, 1.54) is 6.42 Å². The Kier molecular flexibility index (Phi) is 8.38. The third kappa shape index (κ3) is 9.73. The van der Waals surface area contributed by atoms with Crippen LogP contribution in [0.25, 0.3) is 0 Å². The minimum atomic E-state index is -0.531. The Morgan fingerprint density at radius 1 is 1.27 bits per heavy atom. The second-order valence-corrected chi connectivity index (χ2v) is 4.34. The summed E-state index contributed by atoms with van der Waals surface area (Å²) in [5.74, 6) is 0.418. The fraction of sp³-hybridized carbons (Fsp3) is 0.917. The van der Waals surface area contributed by atoms with Crippen molar-refractivity contribution in [3.05, 3.63) is 0 Å². The lowest BCUT2D eigenvalue weighted by atomic mass is 10.0. The Labute approximate surface area is 92.8 Å². The van der Waals surface area contributed by atoms with Crippen molar-refractivity contribution < 1.29 is 14.6 Å². The second-order valence-electron chi connectivity index (χ2n) is 4.34. The molecule has 0 aliphatic heterocycles. The molecule has 0 heterocycles. The summed E-state index contributed by atoms with van der Waals surface area (Å²) >= 11 is 0. The van der Waals surface area contributed by atoms with Crippen molar-refractivity contribution in [3.8, 4) is 0 Å². The molecule has 3 heteroatoms. The fourth-order valence-electron chi connectivity index (χ4n) is 1.45. The molecule has 0 amide bonds. The first-order chi connectivity index (χ1) is 7.06. The van der Waals surface area contributed by atoms with E-state index < -0.39 is 6.10 Å². The van der Waals surface area contributed by atoms with Crippen LogP contribution in [-0.2, 0) is 9.53 Å². The number of esters is 1. The molecule has 15 heavy (non-hydrogen) atoms. The summed E-state index contributed by atoms with van der Waals surface area (Å²) in [5, 5.41) is 9.51. The van der Waals surface area contributed by atoms with Crippen molar-refractivity contribution in [1.82, 2.24) is 0 Å². The first kappa shape index (κ1) is 14.4. The number of ether oxygens (including phenoxy) is 1. The molecule has 0 aromatic carbocycles. The van der Waals surface area contributed by atoms with Crippen LogP contribution in [0.2, 0.25) is 0 Å². The van der Waals surface area contributed by atoms with Crippen LogP contribution < -0.4 is 0 Å². The Bertz CT molecular complexity index is 166. The predicted octanol–water partition coefficient (Wildman–Crippen LogP) is 2.52. The average molecular weight is 216 g/mol. The number of rotatable bonds is 8. The number of unbranched alkanes of at least 4 members (excludes halogenated alkanes) is 1. The van der Waals surface area contributed by atoms with Crippen molar-refractivity contribution >= 4 is 5.97 Å². The molecule has 0 aliphatic rings. The van der Waals surface area contributed by atoms with Gasteiger partial charge in [0.25, 0.3) is 0 Å². The third-order valence-electron chi connectivity index (χ3n) is 2.28. The molecule has 1 N–H and O–H groups in total. The number of hydrogen-bond acceptors (Lipinski definition) is 3. The van der Waals surface area contributed by atoms with Crippen LogP contribution in [0.1, 0.15) is 52.9 Å². The van der Waals surface area contributed by atoms with Gasteiger partial charge >= 0.3 is 5.97 Å². The van der Waals surface area contributed by atoms with E-state index in [-0.39, 0.29) is 12.4 Å². The fourth-order valence-corrected chi connectivity index (χ4v) is 1.45. The second kappa shape index (κ2) is 8.72. The summed E-state index contributed by atoms with van der Waals surface area (Å²) in [6, 6.07) is 0. The number of aliphatic hydroxyl groups excluding tert-OH is 1. The molecule has 1 unspecified atom stereocenters. The lowest BCUT2D eigenvalue weighted by molar-refractivity contribution is -0.145. The van der Waals surface area contributed by atoms with E-state index in [1.54, 1.807) is 6.92 Å². The predicted molar refractivity (Wildman–Crippen MR) is 60.6 cm³/mol. The molecule has 0 radical (unpaired) electrons. The van der Waals surface area contributed by atoms with Gasteiger partial charge in [-0.2, -0.15) is 0 Å². The highest BCUT2D eigenvalue weighted by atomic mass is 16.5. The van der Waals surface area contributed by atoms with E-state index in [2.05, 4.69) is 13.8 Å². The molecule has 0 aromatic heterocycles. The van der Waals surface area contributed by atoms with Gasteiger partial charge in [0.15, 0.2) is 0 Å². The molecule has 0 saturated heterocycles. The largest absolute Gasteiger partial charge is 0.466 e. The highest BCUT2D eigenvalue weighted by molar-refractivity contribution is 5.69. The van der Waals surface area contributed by atoms with Gasteiger partial charge in [-0.15, -0.1) is 0 Å². The standard InChI is InChI=1S/C12H24O3/c1-4-15-12(14)9-11(13)8-6-5-7-10(2)3/h10-11,13H,4-9H2,1-3H3. The van der Waals surface area contributed by atoms with E-state index in [0.29, 0.717) is 18.9 Å². The summed E-state index contributed by atoms with van der Waals surface area (Å²) in [5.41, 5.74) is 0. The van der Waals surface area contributed by atoms with E-state index in [1.807, 2.05) is 0 Å². The molecule has 0 spiro atoms. The van der Waals surface area contributed by atoms with Crippen LogP contribution in [0.15, 0.2) is 0 Å². The average Bonchev–Trinajstić information content (AvgIpc) is 2.12. The molecule has 1 atom stereocenters. The normalized spacial score (nSPS) is 12.9. The minimum Gasteiger partial charge on any atom is -0.466 e. The Morgan fingerprint density at radius 3 is 2.40 bits per heavy atom. The molecule has 0 bridgehead atoms. The quantitative estimate of drug-likeness (QED) is 0.501. The highest BCUT2D eigenvalue weighted by Crippen LogP contribution is 2.11. The van der Waals surface area contributed by atoms with Gasteiger partial charge in [-0.3, -0.25) is 4.79 Å². The molecule has 90 valence electrons. The van der Waals surface area contributed by atoms with Crippen LogP contribution in [0.4, 0.5) is 0 Å². The van der Waals surface area contributed by atoms with E-state index >= 15 is 0 Å². The van der Waals surface area contributed by atoms with Gasteiger partial charge in [0.2, 0.25) is 0 Å². The first-order valence-corrected chi connectivity index (χ1v) is 5.90. The summed E-state index contributed by atoms with van der Waals surface area (Å²) in [4.78, 5) is 11.0. The molecule has 3 nitrogen and oxygen atoms in total. The highest BCUT2D eigenvalue weighted by Gasteiger charge is 2.10. The zero-order chi connectivity index (χ0) is 11.7. The first-order valence-electron chi connectivity index (χ1n) is 5.90. The summed E-state index contributed by atoms with van der Waals surface area (Å²) in [7, 11) is 0. The molecule has 0 fully saturated rings. The molecule has 0 rings (SSSR count). The molecular weight excluding hydrogens is 192 g/mol. The van der Waals surface area contributed by atoms with Crippen molar-refractivity contribution in [2.24, 2.45) is 5.92 Å². The molecule has 0 aromatic rings. The van der Waals surface area contributed by atoms with Gasteiger partial charge in [-0.25, -0.2) is 0 Å². The summed E-state index contributed by atoms with van der Waals surface area (Å²) in [6.45, 7) is 6.54. The van der Waals surface area contributed by atoms with E-state index in [9.17, 15) is 9.90 Å². The number of aliphatic hydroxyl groups is 1. The lowest BCUT2D eigenvalue weighted by Gasteiger charge is -2.10. The van der Waals surface area contributed by atoms with Gasteiger partial charge < -0.3 is 9.84 Å². The van der Waals surface area contributed by atoms with Crippen molar-refractivity contribution in [2.75, 3.05) is 6.61 Å². The Morgan fingerprint density at radius 2 is 1.87 bits per heavy atom. The van der Waals surface area contributed by atoms with Crippen LogP contribution in [-0.4, -0.2) is 23.8 Å². The van der Waals surface area contributed by atoms with Gasteiger partial charge in [-0.05, 0) is 19.3 Å². The maximum atomic E-state index is 11.0. The summed E-state index contributed by atoms with van der Waals surface area (Å²) < 4.78 is 4.76. The van der Waals surface area contributed by atoms with Crippen molar-refractivity contribution in [2.45, 2.75) is 59.0 Å². The lowest BCUT2D eigenvalue weighted by Crippen LogP contribution is -2.15. The van der Waals surface area contributed by atoms with Crippen LogP contribution in [0, 0.1) is 5.92 Å². The summed E-state index contributed by atoms with van der Waals surface area (Å²) in [6.07, 6.45) is 3.60. The van der Waals surface area contributed by atoms with Crippen LogP contribution in [0.3, 0.4) is 0 Å². The number of carbonyl (C=O) groups excluding carboxylic acids is 1. The van der Waals surface area contributed by atoms with Gasteiger partial charge in [0.05, 0.1) is 19.1 Å². The third-order valence-corrected chi connectivity index (χ3v) is 2.28. The molecular formula is C12H24O3. The maximum Gasteiger partial charge on any atom is 0.308 e.